The second kappa shape index (κ2) is 6.21. The molecule has 1 aliphatic carbocycles. The van der Waals surface area contributed by atoms with Crippen LogP contribution in [0.3, 0.4) is 0 Å². The van der Waals surface area contributed by atoms with Gasteiger partial charge in [0, 0.05) is 24.3 Å². The summed E-state index contributed by atoms with van der Waals surface area (Å²) in [6, 6.07) is 4.11. The number of aromatic nitrogens is 1. The highest BCUT2D eigenvalue weighted by Crippen LogP contribution is 2.27. The maximum atomic E-state index is 6.17. The predicted octanol–water partition coefficient (Wildman–Crippen LogP) is 2.97. The summed E-state index contributed by atoms with van der Waals surface area (Å²) in [6.07, 6.45) is 8.66. The Balaban J connectivity index is 1.68. The Morgan fingerprint density at radius 1 is 1.31 bits per heavy atom. The van der Waals surface area contributed by atoms with E-state index >= 15 is 0 Å². The molecule has 0 aromatic carbocycles. The molecule has 1 fully saturated rings. The molecule has 1 N–H and O–H groups in total. The average Bonchev–Trinajstić information content (AvgIpc) is 2.30. The van der Waals surface area contributed by atoms with Gasteiger partial charge in [-0.1, -0.05) is 6.42 Å². The van der Waals surface area contributed by atoms with Crippen LogP contribution in [0.4, 0.5) is 0 Å². The molecule has 1 aromatic heterocycles. The van der Waals surface area contributed by atoms with Crippen LogP contribution < -0.4 is 5.32 Å². The summed E-state index contributed by atoms with van der Waals surface area (Å²) in [5.41, 5.74) is 1.30. The van der Waals surface area contributed by atoms with E-state index in [4.69, 9.17) is 11.6 Å². The van der Waals surface area contributed by atoms with Crippen LogP contribution in [0.25, 0.3) is 0 Å². The van der Waals surface area contributed by atoms with Crippen LogP contribution in [0.2, 0.25) is 0 Å². The third-order valence-electron chi connectivity index (χ3n) is 3.23. The first-order valence-corrected chi connectivity index (χ1v) is 6.52. The molecule has 0 bridgehead atoms. The van der Waals surface area contributed by atoms with Crippen molar-refractivity contribution in [1.82, 2.24) is 10.3 Å². The predicted molar refractivity (Wildman–Crippen MR) is 67.5 cm³/mol. The van der Waals surface area contributed by atoms with Gasteiger partial charge in [0.25, 0.3) is 0 Å². The van der Waals surface area contributed by atoms with Gasteiger partial charge in [0.15, 0.2) is 0 Å². The Hall–Kier alpha value is -0.600. The molecule has 0 amide bonds. The Morgan fingerprint density at radius 3 is 2.88 bits per heavy atom. The second-order valence-corrected chi connectivity index (χ2v) is 5.23. The lowest BCUT2D eigenvalue weighted by atomic mass is 9.89. The van der Waals surface area contributed by atoms with Gasteiger partial charge in [-0.05, 0) is 49.4 Å². The lowest BCUT2D eigenvalue weighted by Gasteiger charge is -2.25. The first-order valence-electron chi connectivity index (χ1n) is 6.08. The summed E-state index contributed by atoms with van der Waals surface area (Å²) < 4.78 is 0. The fourth-order valence-electron chi connectivity index (χ4n) is 2.33. The van der Waals surface area contributed by atoms with Crippen LogP contribution >= 0.6 is 11.6 Å². The van der Waals surface area contributed by atoms with Crippen molar-refractivity contribution >= 4 is 11.6 Å². The highest BCUT2D eigenvalue weighted by atomic mass is 35.5. The number of nitrogens with one attached hydrogen (secondary N) is 1. The number of alkyl halides is 1. The third-order valence-corrected chi connectivity index (χ3v) is 3.63. The molecular weight excluding hydrogens is 220 g/mol. The van der Waals surface area contributed by atoms with Crippen molar-refractivity contribution in [3.8, 4) is 0 Å². The molecule has 1 aliphatic rings. The van der Waals surface area contributed by atoms with Gasteiger partial charge in [-0.15, -0.1) is 11.6 Å². The summed E-state index contributed by atoms with van der Waals surface area (Å²) in [7, 11) is 0. The molecule has 1 aromatic rings. The third kappa shape index (κ3) is 3.76. The minimum atomic E-state index is 0.404. The molecule has 1 heterocycles. The Labute approximate surface area is 102 Å². The minimum Gasteiger partial charge on any atom is -0.312 e. The van der Waals surface area contributed by atoms with Crippen molar-refractivity contribution in [2.75, 3.05) is 6.54 Å². The number of hydrogen-bond donors (Lipinski definition) is 1. The van der Waals surface area contributed by atoms with Crippen molar-refractivity contribution in [3.05, 3.63) is 30.1 Å². The van der Waals surface area contributed by atoms with E-state index in [1.54, 1.807) is 0 Å². The van der Waals surface area contributed by atoms with E-state index in [1.165, 1.54) is 31.2 Å². The van der Waals surface area contributed by atoms with Crippen LogP contribution in [0.1, 0.15) is 31.2 Å². The van der Waals surface area contributed by atoms with Gasteiger partial charge in [-0.25, -0.2) is 0 Å². The summed E-state index contributed by atoms with van der Waals surface area (Å²) in [6.45, 7) is 2.03. The van der Waals surface area contributed by atoms with Gasteiger partial charge in [0.2, 0.25) is 0 Å². The minimum absolute atomic E-state index is 0.404. The molecule has 0 spiro atoms. The van der Waals surface area contributed by atoms with E-state index < -0.39 is 0 Å². The van der Waals surface area contributed by atoms with E-state index in [2.05, 4.69) is 22.4 Å². The fourth-order valence-corrected chi connectivity index (χ4v) is 2.74. The maximum absolute atomic E-state index is 6.17. The molecule has 2 nitrogen and oxygen atoms in total. The summed E-state index contributed by atoms with van der Waals surface area (Å²) >= 11 is 6.17. The first-order chi connectivity index (χ1) is 7.84. The zero-order chi connectivity index (χ0) is 11.2. The molecule has 0 saturated heterocycles. The summed E-state index contributed by atoms with van der Waals surface area (Å²) in [4.78, 5) is 4.01. The van der Waals surface area contributed by atoms with Crippen LogP contribution in [0.5, 0.6) is 0 Å². The van der Waals surface area contributed by atoms with E-state index in [9.17, 15) is 0 Å². The molecular formula is C13H19ClN2. The van der Waals surface area contributed by atoms with Gasteiger partial charge in [-0.2, -0.15) is 0 Å². The van der Waals surface area contributed by atoms with Gasteiger partial charge < -0.3 is 5.32 Å². The molecule has 16 heavy (non-hydrogen) atoms. The van der Waals surface area contributed by atoms with Crippen molar-refractivity contribution in [1.29, 1.82) is 0 Å². The number of pyridine rings is 1. The van der Waals surface area contributed by atoms with E-state index in [0.717, 1.165) is 19.0 Å². The summed E-state index contributed by atoms with van der Waals surface area (Å²) in [5.74, 6) is 0.762. The van der Waals surface area contributed by atoms with Crippen LogP contribution in [-0.2, 0) is 6.54 Å². The van der Waals surface area contributed by atoms with Crippen LogP contribution in [-0.4, -0.2) is 16.9 Å². The maximum Gasteiger partial charge on any atom is 0.0339 e. The van der Waals surface area contributed by atoms with Crippen LogP contribution in [0, 0.1) is 5.92 Å². The zero-order valence-corrected chi connectivity index (χ0v) is 10.3. The monoisotopic (exact) mass is 238 g/mol. The van der Waals surface area contributed by atoms with Gasteiger partial charge >= 0.3 is 0 Å². The SMILES string of the molecule is ClC1CCCC(CNCc2ccncc2)C1. The highest BCUT2D eigenvalue weighted by Gasteiger charge is 2.19. The van der Waals surface area contributed by atoms with Gasteiger partial charge in [0.05, 0.1) is 0 Å². The molecule has 88 valence electrons. The van der Waals surface area contributed by atoms with Crippen molar-refractivity contribution in [2.24, 2.45) is 5.92 Å². The highest BCUT2D eigenvalue weighted by molar-refractivity contribution is 6.20. The molecule has 0 radical (unpaired) electrons. The van der Waals surface area contributed by atoms with Gasteiger partial charge in [0.1, 0.15) is 0 Å². The molecule has 0 aliphatic heterocycles. The molecule has 1 saturated carbocycles. The summed E-state index contributed by atoms with van der Waals surface area (Å²) in [5, 5.41) is 3.91. The normalized spacial score (nSPS) is 25.6. The van der Waals surface area contributed by atoms with E-state index in [0.29, 0.717) is 5.38 Å². The largest absolute Gasteiger partial charge is 0.312 e. The molecule has 2 atom stereocenters. The Kier molecular flexibility index (Phi) is 4.61. The smallest absolute Gasteiger partial charge is 0.0339 e. The Bertz CT molecular complexity index is 302. The fraction of sp³-hybridized carbons (Fsp3) is 0.615. The van der Waals surface area contributed by atoms with Crippen molar-refractivity contribution in [2.45, 2.75) is 37.6 Å². The molecule has 2 rings (SSSR count). The first kappa shape index (κ1) is 11.9. The molecule has 3 heteroatoms. The lowest BCUT2D eigenvalue weighted by Crippen LogP contribution is -2.27. The lowest BCUT2D eigenvalue weighted by molar-refractivity contribution is 0.346. The topological polar surface area (TPSA) is 24.9 Å². The quantitative estimate of drug-likeness (QED) is 0.816. The Morgan fingerprint density at radius 2 is 2.12 bits per heavy atom. The number of nitrogens with zero attached hydrogens (tertiary/aromatic N) is 1. The standard InChI is InChI=1S/C13H19ClN2/c14-13-3-1-2-12(8-13)10-16-9-11-4-6-15-7-5-11/h4-7,12-13,16H,1-3,8-10H2. The molecule has 2 unspecified atom stereocenters. The van der Waals surface area contributed by atoms with E-state index in [-0.39, 0.29) is 0 Å². The van der Waals surface area contributed by atoms with Crippen molar-refractivity contribution in [3.63, 3.8) is 0 Å². The van der Waals surface area contributed by atoms with Crippen molar-refractivity contribution < 1.29 is 0 Å². The zero-order valence-electron chi connectivity index (χ0n) is 9.53. The number of halogens is 1. The van der Waals surface area contributed by atoms with Gasteiger partial charge in [-0.3, -0.25) is 4.98 Å². The number of hydrogen-bond acceptors (Lipinski definition) is 2. The number of rotatable bonds is 4. The van der Waals surface area contributed by atoms with Crippen LogP contribution in [0.15, 0.2) is 24.5 Å². The van der Waals surface area contributed by atoms with E-state index in [1.807, 2.05) is 12.4 Å². The second-order valence-electron chi connectivity index (χ2n) is 4.62. The average molecular weight is 239 g/mol.